The van der Waals surface area contributed by atoms with E-state index in [0.29, 0.717) is 23.3 Å². The summed E-state index contributed by atoms with van der Waals surface area (Å²) in [7, 11) is 0. The van der Waals surface area contributed by atoms with Gasteiger partial charge in [-0.25, -0.2) is 13.2 Å². The third-order valence-corrected chi connectivity index (χ3v) is 6.52. The van der Waals surface area contributed by atoms with Gasteiger partial charge in [0.1, 0.15) is 11.5 Å². The van der Waals surface area contributed by atoms with Crippen LogP contribution in [0.5, 0.6) is 0 Å². The molecule has 0 amide bonds. The number of hydrogen-bond donors (Lipinski definition) is 1. The van der Waals surface area contributed by atoms with Crippen molar-refractivity contribution in [3.63, 3.8) is 0 Å². The van der Waals surface area contributed by atoms with Crippen molar-refractivity contribution >= 4 is 23.3 Å². The van der Waals surface area contributed by atoms with Crippen molar-refractivity contribution in [2.75, 3.05) is 6.54 Å². The smallest absolute Gasteiger partial charge is 0.306 e. The first-order valence-electron chi connectivity index (χ1n) is 11.6. The number of allylic oxidation sites excluding steroid dienone is 2. The number of hydrogen-bond acceptors (Lipinski definition) is 5. The molecule has 6 nitrogen and oxygen atoms in total. The van der Waals surface area contributed by atoms with Crippen LogP contribution < -0.4 is 0 Å². The van der Waals surface area contributed by atoms with Crippen LogP contribution >= 0.6 is 11.6 Å². The molecule has 190 valence electrons. The Morgan fingerprint density at radius 2 is 2.06 bits per heavy atom. The molecule has 0 radical (unpaired) electrons. The van der Waals surface area contributed by atoms with E-state index in [9.17, 15) is 18.0 Å². The number of aliphatic carboxylic acids is 1. The molecule has 1 aromatic carbocycles. The second-order valence-electron chi connectivity index (χ2n) is 9.20. The largest absolute Gasteiger partial charge is 0.481 e. The quantitative estimate of drug-likeness (QED) is 0.410. The first kappa shape index (κ1) is 26.9. The molecule has 0 unspecified atom stereocenters. The van der Waals surface area contributed by atoms with Crippen LogP contribution in [0, 0.1) is 17.7 Å². The molecular formula is C25H29ClF3N3O3. The van der Waals surface area contributed by atoms with Gasteiger partial charge in [0, 0.05) is 11.6 Å². The van der Waals surface area contributed by atoms with Crippen LogP contribution in [0.4, 0.5) is 13.2 Å². The van der Waals surface area contributed by atoms with Gasteiger partial charge < -0.3 is 9.63 Å². The molecule has 2 aliphatic rings. The second kappa shape index (κ2) is 11.4. The van der Waals surface area contributed by atoms with Gasteiger partial charge in [0.2, 0.25) is 0 Å². The van der Waals surface area contributed by atoms with Crippen molar-refractivity contribution in [3.8, 4) is 0 Å². The third kappa shape index (κ3) is 6.51. The summed E-state index contributed by atoms with van der Waals surface area (Å²) >= 11 is 6.20. The van der Waals surface area contributed by atoms with E-state index < -0.39 is 23.6 Å². The predicted molar refractivity (Wildman–Crippen MR) is 127 cm³/mol. The average molecular weight is 512 g/mol. The van der Waals surface area contributed by atoms with Crippen molar-refractivity contribution < 1.29 is 27.6 Å². The number of rotatable bonds is 8. The lowest BCUT2D eigenvalue weighted by Gasteiger charge is -2.28. The lowest BCUT2D eigenvalue weighted by Crippen LogP contribution is -2.28. The molecule has 10 heteroatoms. The number of halogens is 4. The molecule has 35 heavy (non-hydrogen) atoms. The van der Waals surface area contributed by atoms with Gasteiger partial charge in [-0.2, -0.15) is 4.98 Å². The summed E-state index contributed by atoms with van der Waals surface area (Å²) in [5.41, 5.74) is 0.287. The Hall–Kier alpha value is -2.68. The highest BCUT2D eigenvalue weighted by molar-refractivity contribution is 6.31. The van der Waals surface area contributed by atoms with E-state index in [1.807, 2.05) is 6.92 Å². The van der Waals surface area contributed by atoms with Crippen molar-refractivity contribution in [2.45, 2.75) is 64.7 Å². The number of carboxylic acid groups (broad SMARTS) is 1. The number of carbonyl (C=O) groups is 1. The monoisotopic (exact) mass is 511 g/mol. The van der Waals surface area contributed by atoms with E-state index in [-0.39, 0.29) is 23.1 Å². The second-order valence-corrected chi connectivity index (χ2v) is 9.60. The van der Waals surface area contributed by atoms with E-state index in [1.54, 1.807) is 6.07 Å². The van der Waals surface area contributed by atoms with E-state index in [1.165, 1.54) is 25.1 Å². The molecule has 0 spiro atoms. The molecule has 4 rings (SSSR count). The molecule has 2 saturated carbocycles. The maximum Gasteiger partial charge on any atom is 0.306 e. The Morgan fingerprint density at radius 1 is 1.37 bits per heavy atom. The molecule has 0 aliphatic heterocycles. The van der Waals surface area contributed by atoms with E-state index in [2.05, 4.69) is 22.1 Å². The molecule has 2 aliphatic carbocycles. The van der Waals surface area contributed by atoms with Crippen molar-refractivity contribution in [3.05, 3.63) is 58.0 Å². The molecule has 1 aromatic heterocycles. The molecule has 1 N–H and O–H groups in total. The van der Waals surface area contributed by atoms with Crippen LogP contribution in [0.3, 0.4) is 0 Å². The van der Waals surface area contributed by atoms with Crippen LogP contribution in [0.2, 0.25) is 5.02 Å². The maximum absolute atomic E-state index is 13.4. The Balaban J connectivity index is 0.000000363. The van der Waals surface area contributed by atoms with Gasteiger partial charge in [0.25, 0.3) is 12.3 Å². The Labute approximate surface area is 207 Å². The zero-order valence-electron chi connectivity index (χ0n) is 19.9. The Morgan fingerprint density at radius 3 is 2.54 bits per heavy atom. The summed E-state index contributed by atoms with van der Waals surface area (Å²) in [6, 6.07) is 4.21. The summed E-state index contributed by atoms with van der Waals surface area (Å²) in [4.78, 5) is 18.8. The van der Waals surface area contributed by atoms with E-state index >= 15 is 0 Å². The number of alkyl halides is 2. The van der Waals surface area contributed by atoms with Gasteiger partial charge in [-0.05, 0) is 74.3 Å². The van der Waals surface area contributed by atoms with Crippen molar-refractivity contribution in [2.24, 2.45) is 16.8 Å². The molecule has 0 saturated heterocycles. The van der Waals surface area contributed by atoms with Gasteiger partial charge in [0.05, 0.1) is 11.3 Å². The molecular weight excluding hydrogens is 483 g/mol. The number of aliphatic imine (C=N–C) groups is 1. The fourth-order valence-corrected chi connectivity index (χ4v) is 4.28. The molecule has 2 fully saturated rings. The van der Waals surface area contributed by atoms with Gasteiger partial charge in [-0.15, -0.1) is 0 Å². The van der Waals surface area contributed by atoms with E-state index in [0.717, 1.165) is 37.7 Å². The third-order valence-electron chi connectivity index (χ3n) is 6.21. The highest BCUT2D eigenvalue weighted by Gasteiger charge is 2.51. The fraction of sp³-hybridized carbons (Fsp3) is 0.520. The lowest BCUT2D eigenvalue weighted by molar-refractivity contribution is -0.146. The zero-order chi connectivity index (χ0) is 25.8. The van der Waals surface area contributed by atoms with Crippen LogP contribution in [-0.4, -0.2) is 39.9 Å². The highest BCUT2D eigenvalue weighted by atomic mass is 35.5. The minimum absolute atomic E-state index is 0.0231. The molecule has 1 heterocycles. The summed E-state index contributed by atoms with van der Waals surface area (Å²) in [5.74, 6) is 0.0698. The van der Waals surface area contributed by atoms with Gasteiger partial charge in [0.15, 0.2) is 5.82 Å². The standard InChI is InChI=1S/C19H19ClF3N3O.C6H10O2/c1-3-8-24-15(9-11(2)16(22)23)17-25-18(26-27-17)19(6-7-19)13-5-4-12(21)10-14(13)20;1-4-2-5(3-4)6(7)8/h4-5,9-10,16H,3,6-8H2,1-2H3;4-5H,2-3H2,1H3,(H,7,8)/b11-9+,24-15?;. The lowest BCUT2D eigenvalue weighted by atomic mass is 9.76. The van der Waals surface area contributed by atoms with Crippen molar-refractivity contribution in [1.82, 2.24) is 10.1 Å². The predicted octanol–water partition coefficient (Wildman–Crippen LogP) is 6.47. The van der Waals surface area contributed by atoms with Gasteiger partial charge in [-0.3, -0.25) is 9.79 Å². The first-order chi connectivity index (χ1) is 16.6. The van der Waals surface area contributed by atoms with Crippen LogP contribution in [0.15, 0.2) is 39.4 Å². The van der Waals surface area contributed by atoms with Crippen LogP contribution in [0.1, 0.15) is 70.2 Å². The van der Waals surface area contributed by atoms with Gasteiger partial charge >= 0.3 is 5.97 Å². The number of carboxylic acids is 1. The topological polar surface area (TPSA) is 88.6 Å². The highest BCUT2D eigenvalue weighted by Crippen LogP contribution is 2.54. The zero-order valence-corrected chi connectivity index (χ0v) is 20.7. The molecule has 0 atom stereocenters. The minimum Gasteiger partial charge on any atom is -0.481 e. The summed E-state index contributed by atoms with van der Waals surface area (Å²) in [5, 5.41) is 12.7. The number of nitrogens with zero attached hydrogens (tertiary/aromatic N) is 3. The fourth-order valence-electron chi connectivity index (χ4n) is 3.93. The molecule has 2 aromatic rings. The van der Waals surface area contributed by atoms with Gasteiger partial charge in [-0.1, -0.05) is 36.7 Å². The maximum atomic E-state index is 13.4. The van der Waals surface area contributed by atoms with Crippen molar-refractivity contribution in [1.29, 1.82) is 0 Å². The average Bonchev–Trinajstić information content (AvgIpc) is 3.42. The summed E-state index contributed by atoms with van der Waals surface area (Å²) < 4.78 is 44.5. The number of aromatic nitrogens is 2. The SMILES string of the molecule is CC1CC(C(=O)O)C1.CCCN=C(/C=C(\C)C(F)F)c1nc(C2(c3ccc(F)cc3Cl)CC2)no1. The Bertz CT molecular complexity index is 1110. The minimum atomic E-state index is -2.59. The summed E-state index contributed by atoms with van der Waals surface area (Å²) in [6.07, 6.45) is 2.68. The Kier molecular flexibility index (Phi) is 8.74. The summed E-state index contributed by atoms with van der Waals surface area (Å²) in [6.45, 7) is 5.79. The molecule has 0 bridgehead atoms. The van der Waals surface area contributed by atoms with Crippen LogP contribution in [-0.2, 0) is 10.2 Å². The number of benzene rings is 1. The van der Waals surface area contributed by atoms with E-state index in [4.69, 9.17) is 21.2 Å². The van der Waals surface area contributed by atoms with Crippen LogP contribution in [0.25, 0.3) is 0 Å². The first-order valence-corrected chi connectivity index (χ1v) is 12.0. The normalized spacial score (nSPS) is 21.3.